The van der Waals surface area contributed by atoms with E-state index in [1.807, 2.05) is 18.5 Å². The molecule has 1 aromatic heterocycles. The average Bonchev–Trinajstić information content (AvgIpc) is 2.57. The van der Waals surface area contributed by atoms with Crippen molar-refractivity contribution in [1.82, 2.24) is 14.7 Å². The van der Waals surface area contributed by atoms with Gasteiger partial charge in [0.25, 0.3) is 0 Å². The fourth-order valence-electron chi connectivity index (χ4n) is 1.86. The topological polar surface area (TPSA) is 44.9 Å². The summed E-state index contributed by atoms with van der Waals surface area (Å²) in [6.07, 6.45) is 1.03. The summed E-state index contributed by atoms with van der Waals surface area (Å²) in [5, 5.41) is 13.9. The van der Waals surface area contributed by atoms with Gasteiger partial charge in [-0.25, -0.2) is 0 Å². The van der Waals surface area contributed by atoms with Gasteiger partial charge in [-0.15, -0.1) is 0 Å². The van der Waals surface area contributed by atoms with E-state index in [-0.39, 0.29) is 0 Å². The molecule has 1 rings (SSSR count). The Bertz CT molecular complexity index is 405. The van der Waals surface area contributed by atoms with Crippen molar-refractivity contribution >= 4 is 11.6 Å². The molecule has 0 spiro atoms. The first kappa shape index (κ1) is 14.0. The molecule has 5 heteroatoms. The molecular weight excluding hydrogens is 236 g/mol. The van der Waals surface area contributed by atoms with E-state index in [1.54, 1.807) is 0 Å². The van der Waals surface area contributed by atoms with Gasteiger partial charge in [-0.05, 0) is 26.8 Å². The van der Waals surface area contributed by atoms with Crippen molar-refractivity contribution in [3.63, 3.8) is 0 Å². The molecular formula is C12H19ClN4. The molecule has 0 radical (unpaired) electrons. The lowest BCUT2D eigenvalue weighted by molar-refractivity contribution is 0.288. The minimum Gasteiger partial charge on any atom is -0.285 e. The standard InChI is InChI=1S/C12H19ClN4/c1-4-7-16(8-6-14)9-11-12(13)10(3)15-17(11)5-2/h4-5,7-9H2,1-3H3. The first-order valence-electron chi connectivity index (χ1n) is 5.95. The fraction of sp³-hybridized carbons (Fsp3) is 0.667. The molecule has 4 nitrogen and oxygen atoms in total. The highest BCUT2D eigenvalue weighted by Crippen LogP contribution is 2.21. The van der Waals surface area contributed by atoms with Crippen LogP contribution in [0.3, 0.4) is 0 Å². The van der Waals surface area contributed by atoms with Gasteiger partial charge < -0.3 is 0 Å². The second kappa shape index (κ2) is 6.63. The molecule has 0 atom stereocenters. The zero-order valence-electron chi connectivity index (χ0n) is 10.7. The van der Waals surface area contributed by atoms with Gasteiger partial charge in [0.1, 0.15) is 0 Å². The van der Waals surface area contributed by atoms with Gasteiger partial charge in [0.05, 0.1) is 29.0 Å². The molecule has 0 saturated carbocycles. The maximum atomic E-state index is 8.80. The highest BCUT2D eigenvalue weighted by molar-refractivity contribution is 6.31. The van der Waals surface area contributed by atoms with Gasteiger partial charge in [-0.3, -0.25) is 9.58 Å². The van der Waals surface area contributed by atoms with E-state index in [0.717, 1.165) is 35.9 Å². The van der Waals surface area contributed by atoms with Crippen LogP contribution in [-0.4, -0.2) is 27.8 Å². The van der Waals surface area contributed by atoms with Crippen LogP contribution >= 0.6 is 11.6 Å². The van der Waals surface area contributed by atoms with Gasteiger partial charge in [0.15, 0.2) is 0 Å². The van der Waals surface area contributed by atoms with E-state index >= 15 is 0 Å². The van der Waals surface area contributed by atoms with E-state index < -0.39 is 0 Å². The highest BCUT2D eigenvalue weighted by Gasteiger charge is 2.15. The first-order chi connectivity index (χ1) is 8.13. The monoisotopic (exact) mass is 254 g/mol. The highest BCUT2D eigenvalue weighted by atomic mass is 35.5. The Labute approximate surface area is 108 Å². The summed E-state index contributed by atoms with van der Waals surface area (Å²) in [6, 6.07) is 2.19. The Morgan fingerprint density at radius 3 is 2.71 bits per heavy atom. The Hall–Kier alpha value is -1.05. The zero-order chi connectivity index (χ0) is 12.8. The van der Waals surface area contributed by atoms with Crippen molar-refractivity contribution in [3.8, 4) is 6.07 Å². The zero-order valence-corrected chi connectivity index (χ0v) is 11.5. The van der Waals surface area contributed by atoms with E-state index in [9.17, 15) is 0 Å². The third-order valence-electron chi connectivity index (χ3n) is 2.66. The summed E-state index contributed by atoms with van der Waals surface area (Å²) >= 11 is 6.24. The average molecular weight is 255 g/mol. The molecule has 0 unspecified atom stereocenters. The summed E-state index contributed by atoms with van der Waals surface area (Å²) in [7, 11) is 0. The van der Waals surface area contributed by atoms with E-state index in [0.29, 0.717) is 13.1 Å². The largest absolute Gasteiger partial charge is 0.285 e. The van der Waals surface area contributed by atoms with Gasteiger partial charge in [-0.2, -0.15) is 10.4 Å². The molecule has 0 aliphatic carbocycles. The van der Waals surface area contributed by atoms with Crippen LogP contribution in [0.4, 0.5) is 0 Å². The van der Waals surface area contributed by atoms with Crippen LogP contribution in [0.15, 0.2) is 0 Å². The lowest BCUT2D eigenvalue weighted by atomic mass is 10.3. The molecule has 17 heavy (non-hydrogen) atoms. The Morgan fingerprint density at radius 2 is 2.18 bits per heavy atom. The van der Waals surface area contributed by atoms with Gasteiger partial charge >= 0.3 is 0 Å². The third kappa shape index (κ3) is 3.45. The molecule has 0 bridgehead atoms. The van der Waals surface area contributed by atoms with Crippen LogP contribution in [-0.2, 0) is 13.1 Å². The van der Waals surface area contributed by atoms with E-state index in [1.165, 1.54) is 0 Å². The lowest BCUT2D eigenvalue weighted by Gasteiger charge is -2.18. The molecule has 0 aliphatic rings. The number of rotatable bonds is 6. The van der Waals surface area contributed by atoms with Crippen molar-refractivity contribution in [3.05, 3.63) is 16.4 Å². The Balaban J connectivity index is 2.88. The third-order valence-corrected chi connectivity index (χ3v) is 3.15. The van der Waals surface area contributed by atoms with Crippen LogP contribution in [0.5, 0.6) is 0 Å². The van der Waals surface area contributed by atoms with Crippen LogP contribution in [0.25, 0.3) is 0 Å². The summed E-state index contributed by atoms with van der Waals surface area (Å²) in [5.41, 5.74) is 1.87. The molecule has 0 fully saturated rings. The quantitative estimate of drug-likeness (QED) is 0.733. The minimum absolute atomic E-state index is 0.429. The number of halogens is 1. The number of aryl methyl sites for hydroxylation is 2. The number of aromatic nitrogens is 2. The maximum absolute atomic E-state index is 8.80. The van der Waals surface area contributed by atoms with Crippen LogP contribution < -0.4 is 0 Å². The van der Waals surface area contributed by atoms with Crippen molar-refractivity contribution < 1.29 is 0 Å². The maximum Gasteiger partial charge on any atom is 0.0869 e. The van der Waals surface area contributed by atoms with Gasteiger partial charge in [-0.1, -0.05) is 18.5 Å². The molecule has 1 aromatic rings. The molecule has 0 aromatic carbocycles. The number of hydrogen-bond acceptors (Lipinski definition) is 3. The smallest absolute Gasteiger partial charge is 0.0869 e. The molecule has 0 saturated heterocycles. The number of nitriles is 1. The summed E-state index contributed by atoms with van der Waals surface area (Å²) in [6.45, 7) is 8.88. The van der Waals surface area contributed by atoms with Crippen molar-refractivity contribution in [2.45, 2.75) is 40.3 Å². The second-order valence-electron chi connectivity index (χ2n) is 4.03. The molecule has 0 aliphatic heterocycles. The van der Waals surface area contributed by atoms with Crippen LogP contribution in [0.1, 0.15) is 31.7 Å². The molecule has 0 amide bonds. The summed E-state index contributed by atoms with van der Waals surface area (Å²) in [5.74, 6) is 0. The normalized spacial score (nSPS) is 10.8. The SMILES string of the molecule is CCCN(CC#N)Cc1c(Cl)c(C)nn1CC. The van der Waals surface area contributed by atoms with E-state index in [4.69, 9.17) is 16.9 Å². The molecule has 1 heterocycles. The second-order valence-corrected chi connectivity index (χ2v) is 4.41. The predicted molar refractivity (Wildman–Crippen MR) is 68.8 cm³/mol. The minimum atomic E-state index is 0.429. The van der Waals surface area contributed by atoms with Gasteiger partial charge in [0, 0.05) is 13.1 Å². The number of nitrogens with zero attached hydrogens (tertiary/aromatic N) is 4. The Kier molecular flexibility index (Phi) is 5.46. The van der Waals surface area contributed by atoms with Crippen molar-refractivity contribution in [2.24, 2.45) is 0 Å². The fourth-order valence-corrected chi connectivity index (χ4v) is 2.06. The van der Waals surface area contributed by atoms with Crippen LogP contribution in [0.2, 0.25) is 5.02 Å². The summed E-state index contributed by atoms with van der Waals surface area (Å²) < 4.78 is 1.91. The van der Waals surface area contributed by atoms with Crippen molar-refractivity contribution in [2.75, 3.05) is 13.1 Å². The molecule has 0 N–H and O–H groups in total. The molecule has 94 valence electrons. The van der Waals surface area contributed by atoms with Crippen molar-refractivity contribution in [1.29, 1.82) is 5.26 Å². The Morgan fingerprint density at radius 1 is 1.47 bits per heavy atom. The first-order valence-corrected chi connectivity index (χ1v) is 6.32. The number of hydrogen-bond donors (Lipinski definition) is 0. The van der Waals surface area contributed by atoms with Crippen LogP contribution in [0, 0.1) is 18.3 Å². The van der Waals surface area contributed by atoms with E-state index in [2.05, 4.69) is 23.0 Å². The lowest BCUT2D eigenvalue weighted by Crippen LogP contribution is -2.26. The van der Waals surface area contributed by atoms with Gasteiger partial charge in [0.2, 0.25) is 0 Å². The predicted octanol–water partition coefficient (Wildman–Crippen LogP) is 2.60. The summed E-state index contributed by atoms with van der Waals surface area (Å²) in [4.78, 5) is 2.09.